The lowest BCUT2D eigenvalue weighted by Crippen LogP contribution is -2.26. The summed E-state index contributed by atoms with van der Waals surface area (Å²) in [5.41, 5.74) is 0.802. The van der Waals surface area contributed by atoms with Crippen molar-refractivity contribution in [3.05, 3.63) is 71.6 Å². The van der Waals surface area contributed by atoms with Crippen LogP contribution in [0.3, 0.4) is 0 Å². The zero-order chi connectivity index (χ0) is 18.4. The summed E-state index contributed by atoms with van der Waals surface area (Å²) in [6, 6.07) is 12.6. The fourth-order valence-corrected chi connectivity index (χ4v) is 2.45. The van der Waals surface area contributed by atoms with Gasteiger partial charge in [0, 0.05) is 19.4 Å². The Kier molecular flexibility index (Phi) is 5.68. The van der Waals surface area contributed by atoms with Crippen molar-refractivity contribution in [2.45, 2.75) is 19.3 Å². The highest BCUT2D eigenvalue weighted by Crippen LogP contribution is 2.19. The summed E-state index contributed by atoms with van der Waals surface area (Å²) in [7, 11) is 0. The lowest BCUT2D eigenvalue weighted by Gasteiger charge is -2.05. The number of aryl methyl sites for hydroxylation is 1. The van der Waals surface area contributed by atoms with Gasteiger partial charge in [-0.1, -0.05) is 35.5 Å². The van der Waals surface area contributed by atoms with Crippen molar-refractivity contribution in [3.8, 4) is 11.4 Å². The quantitative estimate of drug-likeness (QED) is 0.704. The van der Waals surface area contributed by atoms with Crippen LogP contribution in [-0.4, -0.2) is 22.6 Å². The van der Waals surface area contributed by atoms with Crippen molar-refractivity contribution in [2.24, 2.45) is 0 Å². The van der Waals surface area contributed by atoms with Crippen molar-refractivity contribution >= 4 is 5.91 Å². The molecule has 7 heteroatoms. The van der Waals surface area contributed by atoms with Crippen LogP contribution in [0.25, 0.3) is 11.4 Å². The van der Waals surface area contributed by atoms with Gasteiger partial charge in [0.2, 0.25) is 17.6 Å². The molecule has 3 rings (SSSR count). The fraction of sp³-hybridized carbons (Fsp3) is 0.211. The molecule has 0 atom stereocenters. The molecule has 1 aromatic heterocycles. The SMILES string of the molecule is O=C(CCc1nc(-c2ccccc2F)no1)NCCc1ccccc1F. The Hall–Kier alpha value is -3.09. The van der Waals surface area contributed by atoms with Gasteiger partial charge in [0.1, 0.15) is 11.6 Å². The highest BCUT2D eigenvalue weighted by atomic mass is 19.1. The summed E-state index contributed by atoms with van der Waals surface area (Å²) >= 11 is 0. The molecular weight excluding hydrogens is 340 g/mol. The van der Waals surface area contributed by atoms with Gasteiger partial charge in [-0.25, -0.2) is 8.78 Å². The molecule has 1 N–H and O–H groups in total. The number of halogens is 2. The molecule has 26 heavy (non-hydrogen) atoms. The summed E-state index contributed by atoms with van der Waals surface area (Å²) in [5.74, 6) is -0.517. The minimum absolute atomic E-state index is 0.149. The fourth-order valence-electron chi connectivity index (χ4n) is 2.45. The molecule has 0 unspecified atom stereocenters. The number of hydrogen-bond donors (Lipinski definition) is 1. The average molecular weight is 357 g/mol. The van der Waals surface area contributed by atoms with Gasteiger partial charge >= 0.3 is 0 Å². The largest absolute Gasteiger partial charge is 0.356 e. The maximum atomic E-state index is 13.7. The predicted molar refractivity (Wildman–Crippen MR) is 91.1 cm³/mol. The van der Waals surface area contributed by atoms with E-state index in [0.29, 0.717) is 18.5 Å². The van der Waals surface area contributed by atoms with Gasteiger partial charge in [-0.2, -0.15) is 4.98 Å². The van der Waals surface area contributed by atoms with Crippen LogP contribution in [0.4, 0.5) is 8.78 Å². The van der Waals surface area contributed by atoms with Crippen LogP contribution in [0.2, 0.25) is 0 Å². The lowest BCUT2D eigenvalue weighted by molar-refractivity contribution is -0.121. The van der Waals surface area contributed by atoms with E-state index in [2.05, 4.69) is 15.5 Å². The smallest absolute Gasteiger partial charge is 0.227 e. The second-order valence-corrected chi connectivity index (χ2v) is 5.68. The second kappa shape index (κ2) is 8.33. The Morgan fingerprint density at radius 1 is 1.00 bits per heavy atom. The molecule has 0 aliphatic rings. The standard InChI is InChI=1S/C19H17F2N3O2/c20-15-7-3-1-5-13(15)11-12-22-17(25)9-10-18-23-19(24-26-18)14-6-2-4-8-16(14)21/h1-8H,9-12H2,(H,22,25). The van der Waals surface area contributed by atoms with Crippen LogP contribution in [0.15, 0.2) is 53.1 Å². The van der Waals surface area contributed by atoms with Crippen LogP contribution in [0.5, 0.6) is 0 Å². The number of rotatable bonds is 7. The van der Waals surface area contributed by atoms with Crippen molar-refractivity contribution in [1.29, 1.82) is 0 Å². The maximum Gasteiger partial charge on any atom is 0.227 e. The number of nitrogens with one attached hydrogen (secondary N) is 1. The van der Waals surface area contributed by atoms with Gasteiger partial charge in [0.15, 0.2) is 0 Å². The number of nitrogens with zero attached hydrogens (tertiary/aromatic N) is 2. The number of hydrogen-bond acceptors (Lipinski definition) is 4. The molecule has 0 saturated heterocycles. The number of carbonyl (C=O) groups excluding carboxylic acids is 1. The third-order valence-electron chi connectivity index (χ3n) is 3.82. The van der Waals surface area contributed by atoms with E-state index in [1.165, 1.54) is 12.1 Å². The van der Waals surface area contributed by atoms with E-state index in [9.17, 15) is 13.6 Å². The molecule has 0 aliphatic carbocycles. The van der Waals surface area contributed by atoms with Crippen molar-refractivity contribution in [2.75, 3.05) is 6.54 Å². The Morgan fingerprint density at radius 3 is 2.50 bits per heavy atom. The van der Waals surface area contributed by atoms with E-state index in [0.717, 1.165) is 0 Å². The first-order valence-corrected chi connectivity index (χ1v) is 8.21. The highest BCUT2D eigenvalue weighted by Gasteiger charge is 2.13. The third kappa shape index (κ3) is 4.50. The molecule has 0 aliphatic heterocycles. The van der Waals surface area contributed by atoms with Crippen LogP contribution >= 0.6 is 0 Å². The van der Waals surface area contributed by atoms with E-state index >= 15 is 0 Å². The molecule has 0 fully saturated rings. The van der Waals surface area contributed by atoms with Gasteiger partial charge in [0.05, 0.1) is 5.56 Å². The van der Waals surface area contributed by atoms with Gasteiger partial charge in [-0.15, -0.1) is 0 Å². The number of carbonyl (C=O) groups is 1. The van der Waals surface area contributed by atoms with Crippen LogP contribution < -0.4 is 5.32 Å². The number of aromatic nitrogens is 2. The molecule has 0 radical (unpaired) electrons. The molecule has 1 heterocycles. The predicted octanol–water partition coefficient (Wildman–Crippen LogP) is 3.31. The zero-order valence-corrected chi connectivity index (χ0v) is 13.9. The van der Waals surface area contributed by atoms with Crippen LogP contribution in [0, 0.1) is 11.6 Å². The minimum atomic E-state index is -0.439. The first-order chi connectivity index (χ1) is 12.6. The first kappa shape index (κ1) is 17.7. The van der Waals surface area contributed by atoms with E-state index < -0.39 is 5.82 Å². The van der Waals surface area contributed by atoms with Crippen molar-refractivity contribution < 1.29 is 18.1 Å². The molecule has 0 spiro atoms. The molecule has 134 valence electrons. The van der Waals surface area contributed by atoms with E-state index in [-0.39, 0.29) is 41.8 Å². The number of benzene rings is 2. The maximum absolute atomic E-state index is 13.7. The summed E-state index contributed by atoms with van der Waals surface area (Å²) in [4.78, 5) is 16.0. The summed E-state index contributed by atoms with van der Waals surface area (Å²) < 4.78 is 32.2. The summed E-state index contributed by atoms with van der Waals surface area (Å²) in [5, 5.41) is 6.46. The van der Waals surface area contributed by atoms with E-state index in [4.69, 9.17) is 4.52 Å². The molecule has 5 nitrogen and oxygen atoms in total. The Labute approximate surface area is 149 Å². The number of amides is 1. The molecule has 1 amide bonds. The van der Waals surface area contributed by atoms with Gasteiger partial charge in [0.25, 0.3) is 0 Å². The van der Waals surface area contributed by atoms with E-state index in [1.807, 2.05) is 0 Å². The van der Waals surface area contributed by atoms with Crippen LogP contribution in [-0.2, 0) is 17.6 Å². The molecule has 0 bridgehead atoms. The third-order valence-corrected chi connectivity index (χ3v) is 3.82. The second-order valence-electron chi connectivity index (χ2n) is 5.68. The Balaban J connectivity index is 1.46. The van der Waals surface area contributed by atoms with E-state index in [1.54, 1.807) is 36.4 Å². The Morgan fingerprint density at radius 2 is 1.73 bits per heavy atom. The van der Waals surface area contributed by atoms with Crippen LogP contribution in [0.1, 0.15) is 17.9 Å². The normalized spacial score (nSPS) is 10.7. The van der Waals surface area contributed by atoms with Gasteiger partial charge in [-0.3, -0.25) is 4.79 Å². The lowest BCUT2D eigenvalue weighted by atomic mass is 10.1. The molecule has 2 aromatic carbocycles. The topological polar surface area (TPSA) is 68.0 Å². The van der Waals surface area contributed by atoms with Crippen molar-refractivity contribution in [3.63, 3.8) is 0 Å². The Bertz CT molecular complexity index is 896. The summed E-state index contributed by atoms with van der Waals surface area (Å²) in [6.45, 7) is 0.337. The highest BCUT2D eigenvalue weighted by molar-refractivity contribution is 5.76. The minimum Gasteiger partial charge on any atom is -0.356 e. The first-order valence-electron chi connectivity index (χ1n) is 8.21. The summed E-state index contributed by atoms with van der Waals surface area (Å²) in [6.07, 6.45) is 0.805. The van der Waals surface area contributed by atoms with Gasteiger partial charge in [-0.05, 0) is 30.2 Å². The molecular formula is C19H17F2N3O2. The average Bonchev–Trinajstić information content (AvgIpc) is 3.11. The monoisotopic (exact) mass is 357 g/mol. The zero-order valence-electron chi connectivity index (χ0n) is 13.9. The molecule has 3 aromatic rings. The van der Waals surface area contributed by atoms with Crippen molar-refractivity contribution in [1.82, 2.24) is 15.5 Å². The molecule has 0 saturated carbocycles. The van der Waals surface area contributed by atoms with Gasteiger partial charge < -0.3 is 9.84 Å².